The third-order valence-corrected chi connectivity index (χ3v) is 7.45. The van der Waals surface area contributed by atoms with E-state index < -0.39 is 0 Å². The lowest BCUT2D eigenvalue weighted by Crippen LogP contribution is -2.36. The molecule has 6 heteroatoms. The summed E-state index contributed by atoms with van der Waals surface area (Å²) < 4.78 is 10.9. The number of fused-ring (bicyclic) bond motifs is 1. The largest absolute Gasteiger partial charge is 0.454 e. The number of hydrogen-bond acceptors (Lipinski definition) is 5. The second-order valence-corrected chi connectivity index (χ2v) is 9.14. The molecule has 2 fully saturated rings. The van der Waals surface area contributed by atoms with Crippen LogP contribution in [0.1, 0.15) is 36.6 Å². The standard InChI is InChI=1S/C22H26N2O3S/c1-23-17(11-16(22(23)25)13-24-9-3-2-4-10-24)21-8-7-20(28-21)15-5-6-18-19(12-15)27-14-26-18/h5-8,12,16-17H,2-4,9-11,13-14H2,1H3. The first-order chi connectivity index (χ1) is 13.7. The molecule has 2 saturated heterocycles. The zero-order chi connectivity index (χ0) is 19.1. The number of rotatable bonds is 4. The molecule has 0 aliphatic carbocycles. The van der Waals surface area contributed by atoms with Crippen LogP contribution in [0.4, 0.5) is 0 Å². The van der Waals surface area contributed by atoms with E-state index in [1.54, 1.807) is 11.3 Å². The van der Waals surface area contributed by atoms with Crippen molar-refractivity contribution in [2.45, 2.75) is 31.7 Å². The molecule has 0 N–H and O–H groups in total. The van der Waals surface area contributed by atoms with Crippen LogP contribution in [0.15, 0.2) is 30.3 Å². The van der Waals surface area contributed by atoms with E-state index in [-0.39, 0.29) is 12.0 Å². The number of piperidine rings is 1. The van der Waals surface area contributed by atoms with E-state index in [9.17, 15) is 4.79 Å². The molecule has 0 saturated carbocycles. The molecule has 2 atom stereocenters. The van der Waals surface area contributed by atoms with Crippen molar-refractivity contribution >= 4 is 17.2 Å². The van der Waals surface area contributed by atoms with E-state index >= 15 is 0 Å². The average molecular weight is 399 g/mol. The van der Waals surface area contributed by atoms with Crippen molar-refractivity contribution in [1.29, 1.82) is 0 Å². The fourth-order valence-electron chi connectivity index (χ4n) is 4.62. The van der Waals surface area contributed by atoms with Gasteiger partial charge in [0.05, 0.1) is 12.0 Å². The van der Waals surface area contributed by atoms with Gasteiger partial charge < -0.3 is 19.3 Å². The number of ether oxygens (including phenoxy) is 2. The summed E-state index contributed by atoms with van der Waals surface area (Å²) in [5.41, 5.74) is 1.14. The van der Waals surface area contributed by atoms with Crippen LogP contribution < -0.4 is 9.47 Å². The Kier molecular flexibility index (Phi) is 4.77. The monoisotopic (exact) mass is 398 g/mol. The topological polar surface area (TPSA) is 42.0 Å². The second kappa shape index (κ2) is 7.41. The molecule has 0 bridgehead atoms. The van der Waals surface area contributed by atoms with Crippen LogP contribution in [-0.2, 0) is 4.79 Å². The van der Waals surface area contributed by atoms with Crippen LogP contribution >= 0.6 is 11.3 Å². The first kappa shape index (κ1) is 18.0. The predicted molar refractivity (Wildman–Crippen MR) is 110 cm³/mol. The number of carbonyl (C=O) groups is 1. The Labute approximate surface area is 169 Å². The van der Waals surface area contributed by atoms with Gasteiger partial charge in [-0.05, 0) is 68.2 Å². The van der Waals surface area contributed by atoms with Crippen LogP contribution in [0.25, 0.3) is 10.4 Å². The van der Waals surface area contributed by atoms with Crippen LogP contribution in [-0.4, -0.2) is 49.2 Å². The lowest BCUT2D eigenvalue weighted by Gasteiger charge is -2.28. The number of hydrogen-bond donors (Lipinski definition) is 0. The maximum absolute atomic E-state index is 12.8. The third-order valence-electron chi connectivity index (χ3n) is 6.21. The Morgan fingerprint density at radius 1 is 1.07 bits per heavy atom. The lowest BCUT2D eigenvalue weighted by atomic mass is 10.0. The highest BCUT2D eigenvalue weighted by Crippen LogP contribution is 2.43. The van der Waals surface area contributed by atoms with E-state index in [0.29, 0.717) is 12.7 Å². The highest BCUT2D eigenvalue weighted by Gasteiger charge is 2.39. The molecular weight excluding hydrogens is 372 g/mol. The normalized spacial score (nSPS) is 24.9. The second-order valence-electron chi connectivity index (χ2n) is 8.03. The summed E-state index contributed by atoms with van der Waals surface area (Å²) in [6.07, 6.45) is 4.79. The van der Waals surface area contributed by atoms with Crippen molar-refractivity contribution in [3.05, 3.63) is 35.2 Å². The summed E-state index contributed by atoms with van der Waals surface area (Å²) in [5.74, 6) is 2.04. The highest BCUT2D eigenvalue weighted by molar-refractivity contribution is 7.15. The molecule has 4 heterocycles. The number of carbonyl (C=O) groups excluding carboxylic acids is 1. The van der Waals surface area contributed by atoms with E-state index in [0.717, 1.165) is 43.1 Å². The molecule has 148 valence electrons. The Bertz CT molecular complexity index is 874. The minimum absolute atomic E-state index is 0.129. The molecule has 0 spiro atoms. The molecule has 3 aliphatic heterocycles. The molecule has 2 aromatic rings. The summed E-state index contributed by atoms with van der Waals surface area (Å²) in [7, 11) is 1.96. The van der Waals surface area contributed by atoms with E-state index in [2.05, 4.69) is 23.1 Å². The van der Waals surface area contributed by atoms with Crippen molar-refractivity contribution in [3.63, 3.8) is 0 Å². The lowest BCUT2D eigenvalue weighted by molar-refractivity contribution is -0.131. The van der Waals surface area contributed by atoms with E-state index in [4.69, 9.17) is 9.47 Å². The van der Waals surface area contributed by atoms with Gasteiger partial charge in [-0.15, -0.1) is 11.3 Å². The van der Waals surface area contributed by atoms with Crippen LogP contribution in [0.5, 0.6) is 11.5 Å². The minimum Gasteiger partial charge on any atom is -0.454 e. The number of thiophene rings is 1. The van der Waals surface area contributed by atoms with Gasteiger partial charge in [-0.3, -0.25) is 4.79 Å². The zero-order valence-electron chi connectivity index (χ0n) is 16.2. The van der Waals surface area contributed by atoms with Crippen LogP contribution in [0.2, 0.25) is 0 Å². The van der Waals surface area contributed by atoms with Gasteiger partial charge in [0.2, 0.25) is 12.7 Å². The first-order valence-corrected chi connectivity index (χ1v) is 11.0. The van der Waals surface area contributed by atoms with Gasteiger partial charge in [-0.25, -0.2) is 0 Å². The number of likely N-dealkylation sites (tertiary alicyclic amines) is 2. The van der Waals surface area contributed by atoms with Crippen molar-refractivity contribution in [2.24, 2.45) is 5.92 Å². The highest BCUT2D eigenvalue weighted by atomic mass is 32.1. The number of amides is 1. The molecule has 3 aliphatic rings. The van der Waals surface area contributed by atoms with Gasteiger partial charge in [-0.2, -0.15) is 0 Å². The van der Waals surface area contributed by atoms with Crippen molar-refractivity contribution < 1.29 is 14.3 Å². The molecule has 5 nitrogen and oxygen atoms in total. The molecule has 0 radical (unpaired) electrons. The fourth-order valence-corrected chi connectivity index (χ4v) is 5.78. The van der Waals surface area contributed by atoms with Gasteiger partial charge in [0.15, 0.2) is 11.5 Å². The van der Waals surface area contributed by atoms with E-state index in [1.807, 2.05) is 24.1 Å². The molecule has 5 rings (SSSR count). The maximum atomic E-state index is 12.8. The van der Waals surface area contributed by atoms with Crippen molar-refractivity contribution in [2.75, 3.05) is 33.5 Å². The molecule has 1 amide bonds. The summed E-state index contributed by atoms with van der Waals surface area (Å²) in [6.45, 7) is 3.50. The molecule has 1 aromatic heterocycles. The summed E-state index contributed by atoms with van der Waals surface area (Å²) >= 11 is 1.78. The molecule has 1 aromatic carbocycles. The minimum atomic E-state index is 0.129. The van der Waals surface area contributed by atoms with Gasteiger partial charge in [0, 0.05) is 23.3 Å². The van der Waals surface area contributed by atoms with Crippen LogP contribution in [0.3, 0.4) is 0 Å². The van der Waals surface area contributed by atoms with E-state index in [1.165, 1.54) is 29.0 Å². The Hall–Kier alpha value is -2.05. The summed E-state index contributed by atoms with van der Waals surface area (Å²) in [4.78, 5) is 19.8. The quantitative estimate of drug-likeness (QED) is 0.776. The van der Waals surface area contributed by atoms with Crippen molar-refractivity contribution in [3.8, 4) is 21.9 Å². The van der Waals surface area contributed by atoms with Gasteiger partial charge in [0.25, 0.3) is 0 Å². The Morgan fingerprint density at radius 2 is 1.89 bits per heavy atom. The zero-order valence-corrected chi connectivity index (χ0v) is 17.0. The fraction of sp³-hybridized carbons (Fsp3) is 0.500. The first-order valence-electron chi connectivity index (χ1n) is 10.2. The molecular formula is C22H26N2O3S. The average Bonchev–Trinajstić information content (AvgIpc) is 3.44. The van der Waals surface area contributed by atoms with Gasteiger partial charge in [0.1, 0.15) is 0 Å². The maximum Gasteiger partial charge on any atom is 0.231 e. The smallest absolute Gasteiger partial charge is 0.231 e. The summed E-state index contributed by atoms with van der Waals surface area (Å²) in [5, 5.41) is 0. The number of nitrogens with zero attached hydrogens (tertiary/aromatic N) is 2. The third kappa shape index (κ3) is 3.29. The Balaban J connectivity index is 1.31. The van der Waals surface area contributed by atoms with Gasteiger partial charge >= 0.3 is 0 Å². The van der Waals surface area contributed by atoms with Crippen LogP contribution in [0, 0.1) is 5.92 Å². The predicted octanol–water partition coefficient (Wildman–Crippen LogP) is 4.15. The Morgan fingerprint density at radius 3 is 2.75 bits per heavy atom. The SMILES string of the molecule is CN1C(=O)C(CN2CCCCC2)CC1c1ccc(-c2ccc3c(c2)OCO3)s1. The number of benzene rings is 1. The molecule has 2 unspecified atom stereocenters. The summed E-state index contributed by atoms with van der Waals surface area (Å²) in [6, 6.07) is 10.6. The van der Waals surface area contributed by atoms with Crippen molar-refractivity contribution in [1.82, 2.24) is 9.80 Å². The van der Waals surface area contributed by atoms with Gasteiger partial charge in [-0.1, -0.05) is 6.42 Å². The molecule has 28 heavy (non-hydrogen) atoms.